The fourth-order valence-electron chi connectivity index (χ4n) is 2.57. The highest BCUT2D eigenvalue weighted by Gasteiger charge is 2.14. The first-order valence-corrected chi connectivity index (χ1v) is 10.8. The summed E-state index contributed by atoms with van der Waals surface area (Å²) in [5.41, 5.74) is 0. The van der Waals surface area contributed by atoms with Gasteiger partial charge < -0.3 is 15.4 Å². The molecule has 1 aromatic rings. The quantitative estimate of drug-likeness (QED) is 0.246. The summed E-state index contributed by atoms with van der Waals surface area (Å²) < 4.78 is 5.16. The first kappa shape index (κ1) is 25.5. The van der Waals surface area contributed by atoms with Gasteiger partial charge in [0.25, 0.3) is 0 Å². The second-order valence-corrected chi connectivity index (χ2v) is 7.82. The van der Waals surface area contributed by atoms with Gasteiger partial charge in [0.1, 0.15) is 0 Å². The van der Waals surface area contributed by atoms with E-state index in [0.717, 1.165) is 32.1 Å². The van der Waals surface area contributed by atoms with E-state index in [2.05, 4.69) is 10.6 Å². The molecule has 162 valence electrons. The molecule has 0 aliphatic carbocycles. The van der Waals surface area contributed by atoms with Crippen molar-refractivity contribution in [2.45, 2.75) is 57.8 Å². The van der Waals surface area contributed by atoms with Gasteiger partial charge in [0.05, 0.1) is 10.0 Å². The summed E-state index contributed by atoms with van der Waals surface area (Å²) in [6, 6.07) is 2.87. The number of hydrogen-bond acceptors (Lipinski definition) is 4. The van der Waals surface area contributed by atoms with Crippen molar-refractivity contribution in [3.05, 3.63) is 27.2 Å². The summed E-state index contributed by atoms with van der Waals surface area (Å²) in [5.74, 6) is -0.469. The number of unbranched alkanes of at least 4 members (excludes halogenated alkanes) is 4. The summed E-state index contributed by atoms with van der Waals surface area (Å²) in [7, 11) is 1.64. The smallest absolute Gasteiger partial charge is 0.311 e. The molecule has 1 aromatic carbocycles. The third kappa shape index (κ3) is 11.3. The summed E-state index contributed by atoms with van der Waals surface area (Å²) in [6.07, 6.45) is 6.06. The van der Waals surface area contributed by atoms with Gasteiger partial charge in [0, 0.05) is 37.9 Å². The SMILES string of the molecule is CNC(=O)CCCCCCCNC(=O)CCCC(=O)Oc1c(Cl)cc(Cl)cc1Cl. The monoisotopic (exact) mass is 464 g/mol. The summed E-state index contributed by atoms with van der Waals surface area (Å²) in [6.45, 7) is 0.606. The number of carbonyl (C=O) groups excluding carboxylic acids is 3. The third-order valence-electron chi connectivity index (χ3n) is 4.15. The molecule has 0 heterocycles. The van der Waals surface area contributed by atoms with Crippen LogP contribution in [0.5, 0.6) is 5.75 Å². The number of rotatable bonds is 13. The highest BCUT2D eigenvalue weighted by Crippen LogP contribution is 2.36. The molecule has 0 saturated heterocycles. The van der Waals surface area contributed by atoms with Crippen molar-refractivity contribution in [3.63, 3.8) is 0 Å². The van der Waals surface area contributed by atoms with E-state index in [9.17, 15) is 14.4 Å². The zero-order chi connectivity index (χ0) is 21.6. The van der Waals surface area contributed by atoms with Crippen LogP contribution in [0.4, 0.5) is 0 Å². The van der Waals surface area contributed by atoms with Crippen LogP contribution in [-0.4, -0.2) is 31.4 Å². The second-order valence-electron chi connectivity index (χ2n) is 6.57. The van der Waals surface area contributed by atoms with Crippen molar-refractivity contribution in [3.8, 4) is 5.75 Å². The molecule has 0 fully saturated rings. The van der Waals surface area contributed by atoms with Crippen molar-refractivity contribution in [1.29, 1.82) is 0 Å². The highest BCUT2D eigenvalue weighted by molar-refractivity contribution is 6.40. The van der Waals surface area contributed by atoms with Crippen LogP contribution in [-0.2, 0) is 14.4 Å². The Morgan fingerprint density at radius 3 is 2.07 bits per heavy atom. The van der Waals surface area contributed by atoms with E-state index in [1.165, 1.54) is 12.1 Å². The minimum Gasteiger partial charge on any atom is -0.423 e. The molecule has 0 bridgehead atoms. The average molecular weight is 466 g/mol. The minimum absolute atomic E-state index is 0.0699. The molecule has 2 amide bonds. The minimum atomic E-state index is -0.513. The van der Waals surface area contributed by atoms with Gasteiger partial charge >= 0.3 is 5.97 Å². The molecule has 0 aromatic heterocycles. The van der Waals surface area contributed by atoms with E-state index < -0.39 is 5.97 Å². The Bertz CT molecular complexity index is 675. The Hall–Kier alpha value is -1.50. The lowest BCUT2D eigenvalue weighted by atomic mass is 10.1. The Balaban J connectivity index is 2.09. The van der Waals surface area contributed by atoms with Crippen molar-refractivity contribution < 1.29 is 19.1 Å². The number of halogens is 3. The molecule has 0 spiro atoms. The molecule has 0 saturated carbocycles. The van der Waals surface area contributed by atoms with Gasteiger partial charge in [-0.2, -0.15) is 0 Å². The van der Waals surface area contributed by atoms with Crippen LogP contribution in [0.15, 0.2) is 12.1 Å². The van der Waals surface area contributed by atoms with Crippen molar-refractivity contribution in [2.75, 3.05) is 13.6 Å². The van der Waals surface area contributed by atoms with Gasteiger partial charge in [0.2, 0.25) is 11.8 Å². The van der Waals surface area contributed by atoms with Gasteiger partial charge in [-0.3, -0.25) is 14.4 Å². The van der Waals surface area contributed by atoms with Gasteiger partial charge in [-0.15, -0.1) is 0 Å². The van der Waals surface area contributed by atoms with Crippen molar-refractivity contribution in [1.82, 2.24) is 10.6 Å². The number of ether oxygens (including phenoxy) is 1. The van der Waals surface area contributed by atoms with Gasteiger partial charge in [-0.05, 0) is 31.4 Å². The molecule has 2 N–H and O–H groups in total. The molecule has 9 heteroatoms. The van der Waals surface area contributed by atoms with E-state index in [1.54, 1.807) is 7.05 Å². The number of benzene rings is 1. The lowest BCUT2D eigenvalue weighted by molar-refractivity contribution is -0.134. The molecule has 0 aliphatic rings. The van der Waals surface area contributed by atoms with Crippen molar-refractivity contribution in [2.24, 2.45) is 0 Å². The molecule has 0 atom stereocenters. The number of nitrogens with one attached hydrogen (secondary N) is 2. The molecule has 6 nitrogen and oxygen atoms in total. The van der Waals surface area contributed by atoms with Gasteiger partial charge in [-0.1, -0.05) is 54.1 Å². The number of hydrogen-bond donors (Lipinski definition) is 2. The van der Waals surface area contributed by atoms with Crippen LogP contribution in [0, 0.1) is 0 Å². The molecule has 0 radical (unpaired) electrons. The van der Waals surface area contributed by atoms with E-state index in [1.807, 2.05) is 0 Å². The Morgan fingerprint density at radius 1 is 0.828 bits per heavy atom. The molecule has 29 heavy (non-hydrogen) atoms. The van der Waals surface area contributed by atoms with E-state index >= 15 is 0 Å². The van der Waals surface area contributed by atoms with E-state index in [-0.39, 0.29) is 40.5 Å². The molecule has 0 unspecified atom stereocenters. The molecule has 1 rings (SSSR count). The predicted octanol–water partition coefficient (Wildman–Crippen LogP) is 4.93. The zero-order valence-electron chi connectivity index (χ0n) is 16.5. The maximum absolute atomic E-state index is 11.9. The fraction of sp³-hybridized carbons (Fsp3) is 0.550. The summed E-state index contributed by atoms with van der Waals surface area (Å²) in [4.78, 5) is 34.8. The zero-order valence-corrected chi connectivity index (χ0v) is 18.8. The Labute approximate surface area is 186 Å². The first-order valence-electron chi connectivity index (χ1n) is 9.66. The topological polar surface area (TPSA) is 84.5 Å². The maximum Gasteiger partial charge on any atom is 0.311 e. The number of amides is 2. The van der Waals surface area contributed by atoms with Gasteiger partial charge in [-0.25, -0.2) is 0 Å². The van der Waals surface area contributed by atoms with Crippen LogP contribution in [0.1, 0.15) is 57.8 Å². The standard InChI is InChI=1S/C20H27Cl3N2O4/c1-24-17(26)8-5-3-2-4-6-11-25-18(27)9-7-10-19(28)29-20-15(22)12-14(21)13-16(20)23/h12-13H,2-11H2,1H3,(H,24,26)(H,25,27). The first-order chi connectivity index (χ1) is 13.8. The van der Waals surface area contributed by atoms with Crippen LogP contribution < -0.4 is 15.4 Å². The number of carbonyl (C=O) groups is 3. The highest BCUT2D eigenvalue weighted by atomic mass is 35.5. The largest absolute Gasteiger partial charge is 0.423 e. The third-order valence-corrected chi connectivity index (χ3v) is 4.93. The second kappa shape index (κ2) is 14.5. The van der Waals surface area contributed by atoms with Gasteiger partial charge in [0.15, 0.2) is 5.75 Å². The van der Waals surface area contributed by atoms with E-state index in [4.69, 9.17) is 39.5 Å². The van der Waals surface area contributed by atoms with Crippen LogP contribution in [0.25, 0.3) is 0 Å². The maximum atomic E-state index is 11.9. The Kier molecular flexibility index (Phi) is 12.7. The number of esters is 1. The lowest BCUT2D eigenvalue weighted by Crippen LogP contribution is -2.24. The van der Waals surface area contributed by atoms with Crippen LogP contribution in [0.3, 0.4) is 0 Å². The lowest BCUT2D eigenvalue weighted by Gasteiger charge is -2.09. The molecular formula is C20H27Cl3N2O4. The van der Waals surface area contributed by atoms with Crippen LogP contribution in [0.2, 0.25) is 15.1 Å². The predicted molar refractivity (Wildman–Crippen MR) is 116 cm³/mol. The Morgan fingerprint density at radius 2 is 1.41 bits per heavy atom. The average Bonchev–Trinajstić information content (AvgIpc) is 2.66. The summed E-state index contributed by atoms with van der Waals surface area (Å²) >= 11 is 17.7. The molecular weight excluding hydrogens is 439 g/mol. The van der Waals surface area contributed by atoms with E-state index in [0.29, 0.717) is 24.4 Å². The van der Waals surface area contributed by atoms with Crippen LogP contribution >= 0.6 is 34.8 Å². The fourth-order valence-corrected chi connectivity index (χ4v) is 3.46. The normalized spacial score (nSPS) is 10.5. The summed E-state index contributed by atoms with van der Waals surface area (Å²) in [5, 5.41) is 6.09. The van der Waals surface area contributed by atoms with Crippen molar-refractivity contribution >= 4 is 52.6 Å². The molecule has 0 aliphatic heterocycles.